The maximum atomic E-state index is 10.6. The van der Waals surface area contributed by atoms with Crippen LogP contribution in [0.4, 0.5) is 0 Å². The number of aliphatic hydroxyl groups is 1. The first-order valence-corrected chi connectivity index (χ1v) is 7.05. The quantitative estimate of drug-likeness (QED) is 0.321. The van der Waals surface area contributed by atoms with E-state index in [4.69, 9.17) is 5.11 Å². The van der Waals surface area contributed by atoms with Crippen LogP contribution in [0.5, 0.6) is 0 Å². The molecule has 0 aliphatic carbocycles. The molecule has 0 rings (SSSR count). The number of unbranched alkanes of at least 4 members (excludes halogenated alkanes) is 5. The van der Waals surface area contributed by atoms with E-state index in [1.165, 1.54) is 12.8 Å². The van der Waals surface area contributed by atoms with Gasteiger partial charge < -0.3 is 9.66 Å². The fourth-order valence-corrected chi connectivity index (χ4v) is 2.12. The summed E-state index contributed by atoms with van der Waals surface area (Å²) in [5.41, 5.74) is 0. The second-order valence-electron chi connectivity index (χ2n) is 3.85. The predicted molar refractivity (Wildman–Crippen MR) is 58.6 cm³/mol. The molecule has 0 aliphatic heterocycles. The molecule has 0 spiro atoms. The van der Waals surface area contributed by atoms with Gasteiger partial charge in [0.25, 0.3) is 0 Å². The van der Waals surface area contributed by atoms with Crippen molar-refractivity contribution in [2.45, 2.75) is 57.1 Å². The maximum Gasteiger partial charge on any atom is 1.00 e. The van der Waals surface area contributed by atoms with E-state index in [9.17, 15) is 13.0 Å². The summed E-state index contributed by atoms with van der Waals surface area (Å²) in [6.07, 6.45) is 6.53. The number of aliphatic hydroxyl groups excluding tert-OH is 1. The smallest absolute Gasteiger partial charge is 0.748 e. The van der Waals surface area contributed by atoms with E-state index >= 15 is 0 Å². The zero-order valence-electron chi connectivity index (χ0n) is 10.3. The molecule has 0 aromatic carbocycles. The van der Waals surface area contributed by atoms with Crippen LogP contribution >= 0.6 is 0 Å². The van der Waals surface area contributed by atoms with E-state index in [0.717, 1.165) is 19.3 Å². The molecular weight excluding hydrogens is 255 g/mol. The molecule has 4 nitrogen and oxygen atoms in total. The van der Waals surface area contributed by atoms with Gasteiger partial charge in [-0.2, -0.15) is 0 Å². The van der Waals surface area contributed by atoms with Crippen LogP contribution in [0.2, 0.25) is 0 Å². The molecule has 0 amide bonds. The van der Waals surface area contributed by atoms with Crippen molar-refractivity contribution in [1.82, 2.24) is 0 Å². The van der Waals surface area contributed by atoms with Gasteiger partial charge in [0.1, 0.15) is 0 Å². The monoisotopic (exact) mass is 276 g/mol. The summed E-state index contributed by atoms with van der Waals surface area (Å²) in [4.78, 5) is 0. The third-order valence-corrected chi connectivity index (χ3v) is 3.69. The Kier molecular flexibility index (Phi) is 14.4. The number of rotatable bonds is 9. The first-order valence-electron chi connectivity index (χ1n) is 5.58. The maximum absolute atomic E-state index is 10.6. The standard InChI is InChI=1S/C10H22O4S.K/c1-2-3-4-5-6-7-8-10(9-11)15(12,13)14;/h10-11H,2-9H2,1H3,(H,12,13,14);/q;+1/p-1. The Bertz CT molecular complexity index is 241. The average Bonchev–Trinajstić information content (AvgIpc) is 2.15. The summed E-state index contributed by atoms with van der Waals surface area (Å²) >= 11 is 0. The molecule has 0 saturated heterocycles. The van der Waals surface area contributed by atoms with Crippen molar-refractivity contribution in [3.63, 3.8) is 0 Å². The van der Waals surface area contributed by atoms with Crippen molar-refractivity contribution in [1.29, 1.82) is 0 Å². The molecule has 1 N–H and O–H groups in total. The van der Waals surface area contributed by atoms with Gasteiger partial charge in [-0.3, -0.25) is 0 Å². The van der Waals surface area contributed by atoms with E-state index in [0.29, 0.717) is 6.42 Å². The Morgan fingerprint density at radius 2 is 1.62 bits per heavy atom. The van der Waals surface area contributed by atoms with Gasteiger partial charge in [-0.05, 0) is 6.42 Å². The van der Waals surface area contributed by atoms with Gasteiger partial charge in [-0.25, -0.2) is 8.42 Å². The Morgan fingerprint density at radius 1 is 1.12 bits per heavy atom. The minimum atomic E-state index is -4.31. The van der Waals surface area contributed by atoms with Crippen LogP contribution in [0.1, 0.15) is 51.9 Å². The van der Waals surface area contributed by atoms with Crippen molar-refractivity contribution < 1.29 is 69.5 Å². The second kappa shape index (κ2) is 11.6. The first kappa shape index (κ1) is 19.8. The number of hydrogen-bond acceptors (Lipinski definition) is 4. The van der Waals surface area contributed by atoms with Crippen molar-refractivity contribution in [2.75, 3.05) is 6.61 Å². The molecule has 1 atom stereocenters. The van der Waals surface area contributed by atoms with Crippen LogP contribution in [0.25, 0.3) is 0 Å². The molecule has 0 fully saturated rings. The predicted octanol–water partition coefficient (Wildman–Crippen LogP) is -1.35. The van der Waals surface area contributed by atoms with E-state index in [2.05, 4.69) is 6.92 Å². The van der Waals surface area contributed by atoms with Crippen molar-refractivity contribution in [3.8, 4) is 0 Å². The van der Waals surface area contributed by atoms with Gasteiger partial charge in [-0.15, -0.1) is 0 Å². The Balaban J connectivity index is 0. The van der Waals surface area contributed by atoms with E-state index in [1.54, 1.807) is 0 Å². The molecule has 0 aromatic rings. The van der Waals surface area contributed by atoms with Gasteiger partial charge in [0, 0.05) is 0 Å². The van der Waals surface area contributed by atoms with Crippen LogP contribution in [0.3, 0.4) is 0 Å². The zero-order chi connectivity index (χ0) is 11.7. The van der Waals surface area contributed by atoms with Crippen LogP contribution in [0, 0.1) is 0 Å². The molecule has 1 unspecified atom stereocenters. The molecule has 0 aliphatic rings. The summed E-state index contributed by atoms with van der Waals surface area (Å²) in [7, 11) is -4.31. The molecule has 6 heteroatoms. The fraction of sp³-hybridized carbons (Fsp3) is 1.00. The van der Waals surface area contributed by atoms with E-state index < -0.39 is 22.0 Å². The summed E-state index contributed by atoms with van der Waals surface area (Å²) in [6.45, 7) is 1.58. The van der Waals surface area contributed by atoms with Gasteiger partial charge in [0.2, 0.25) is 0 Å². The first-order chi connectivity index (χ1) is 7.02. The summed E-state index contributed by atoms with van der Waals surface area (Å²) in [6, 6.07) is 0. The molecule has 0 bridgehead atoms. The summed E-state index contributed by atoms with van der Waals surface area (Å²) < 4.78 is 31.8. The molecule has 16 heavy (non-hydrogen) atoms. The average molecular weight is 276 g/mol. The Morgan fingerprint density at radius 3 is 2.06 bits per heavy atom. The van der Waals surface area contributed by atoms with Gasteiger partial charge in [0.05, 0.1) is 22.0 Å². The Labute approximate surface area is 141 Å². The minimum absolute atomic E-state index is 0. The summed E-state index contributed by atoms with van der Waals surface area (Å²) in [5.74, 6) is 0. The number of hydrogen-bond donors (Lipinski definition) is 1. The molecule has 0 saturated carbocycles. The fourth-order valence-electron chi connectivity index (χ4n) is 1.48. The van der Waals surface area contributed by atoms with Crippen LogP contribution in [-0.4, -0.2) is 29.9 Å². The van der Waals surface area contributed by atoms with Gasteiger partial charge >= 0.3 is 51.4 Å². The Hall–Kier alpha value is 1.51. The van der Waals surface area contributed by atoms with Gasteiger partial charge in [-0.1, -0.05) is 45.4 Å². The molecular formula is C10H21KO4S. The molecule has 0 heterocycles. The normalized spacial score (nSPS) is 13.2. The van der Waals surface area contributed by atoms with Crippen molar-refractivity contribution >= 4 is 10.1 Å². The van der Waals surface area contributed by atoms with Crippen molar-refractivity contribution in [3.05, 3.63) is 0 Å². The SMILES string of the molecule is CCCCCCCCC(CO)S(=O)(=O)[O-].[K+]. The second-order valence-corrected chi connectivity index (χ2v) is 5.51. The van der Waals surface area contributed by atoms with E-state index in [-0.39, 0.29) is 57.8 Å². The van der Waals surface area contributed by atoms with E-state index in [1.807, 2.05) is 0 Å². The molecule has 0 radical (unpaired) electrons. The van der Waals surface area contributed by atoms with Crippen molar-refractivity contribution in [2.24, 2.45) is 0 Å². The molecule has 0 aromatic heterocycles. The van der Waals surface area contributed by atoms with Crippen LogP contribution in [-0.2, 0) is 10.1 Å². The van der Waals surface area contributed by atoms with Crippen LogP contribution < -0.4 is 51.4 Å². The topological polar surface area (TPSA) is 77.4 Å². The minimum Gasteiger partial charge on any atom is -0.748 e. The zero-order valence-corrected chi connectivity index (χ0v) is 14.3. The van der Waals surface area contributed by atoms with Crippen LogP contribution in [0.15, 0.2) is 0 Å². The summed E-state index contributed by atoms with van der Waals surface area (Å²) in [5, 5.41) is 7.62. The third kappa shape index (κ3) is 10.6. The third-order valence-electron chi connectivity index (χ3n) is 2.49. The van der Waals surface area contributed by atoms with Gasteiger partial charge in [0.15, 0.2) is 0 Å². The largest absolute Gasteiger partial charge is 1.00 e. The molecule has 92 valence electrons.